The van der Waals surface area contributed by atoms with E-state index < -0.39 is 6.09 Å². The van der Waals surface area contributed by atoms with Gasteiger partial charge in [-0.15, -0.1) is 0 Å². The average Bonchev–Trinajstić information content (AvgIpc) is 3.09. The van der Waals surface area contributed by atoms with Gasteiger partial charge in [0.1, 0.15) is 5.75 Å². The van der Waals surface area contributed by atoms with Crippen molar-refractivity contribution in [1.29, 1.82) is 0 Å². The lowest BCUT2D eigenvalue weighted by Gasteiger charge is -2.25. The van der Waals surface area contributed by atoms with Gasteiger partial charge < -0.3 is 19.3 Å². The topological polar surface area (TPSA) is 76.7 Å². The molecule has 1 N–H and O–H groups in total. The number of carbonyl (C=O) groups is 1. The highest BCUT2D eigenvalue weighted by atomic mass is 35.5. The summed E-state index contributed by atoms with van der Waals surface area (Å²) in [5.74, 6) is 0.603. The summed E-state index contributed by atoms with van der Waals surface area (Å²) in [6, 6.07) is 14.6. The van der Waals surface area contributed by atoms with E-state index in [1.807, 2.05) is 37.4 Å². The van der Waals surface area contributed by atoms with E-state index in [9.17, 15) is 14.7 Å². The van der Waals surface area contributed by atoms with Gasteiger partial charge in [-0.1, -0.05) is 17.7 Å². The number of ether oxygens (including phenoxy) is 1. The molecule has 168 valence electrons. The Bertz CT molecular complexity index is 1470. The highest BCUT2D eigenvalue weighted by molar-refractivity contribution is 6.30. The van der Waals surface area contributed by atoms with Crippen molar-refractivity contribution in [2.45, 2.75) is 13.0 Å². The number of pyridine rings is 1. The van der Waals surface area contributed by atoms with Gasteiger partial charge >= 0.3 is 6.09 Å². The lowest BCUT2D eigenvalue weighted by molar-refractivity contribution is 0.139. The minimum Gasteiger partial charge on any atom is -0.496 e. The third kappa shape index (κ3) is 3.54. The summed E-state index contributed by atoms with van der Waals surface area (Å²) >= 11 is 6.06. The van der Waals surface area contributed by atoms with Crippen LogP contribution in [-0.2, 0) is 20.0 Å². The van der Waals surface area contributed by atoms with Crippen LogP contribution < -0.4 is 10.3 Å². The monoisotopic (exact) mass is 463 g/mol. The fourth-order valence-corrected chi connectivity index (χ4v) is 4.80. The summed E-state index contributed by atoms with van der Waals surface area (Å²) in [6.07, 6.45) is 1.51. The van der Waals surface area contributed by atoms with Crippen molar-refractivity contribution in [3.8, 4) is 22.6 Å². The maximum atomic E-state index is 13.0. The van der Waals surface area contributed by atoms with Crippen LogP contribution >= 0.6 is 11.6 Å². The number of rotatable bonds is 3. The van der Waals surface area contributed by atoms with Crippen molar-refractivity contribution in [2.24, 2.45) is 7.05 Å². The standard InChI is InChI=1S/C25H22ClN3O4/c1-27-21-8-9-28(25(31)32)14-20(21)19-6-4-17(13-22(19)27)29-10-7-15(11-24(29)30)18-5-3-16(26)12-23(18)33-2/h3-7,10-13H,8-9,14H2,1-2H3,(H,31,32). The van der Waals surface area contributed by atoms with Crippen LogP contribution in [0.15, 0.2) is 59.5 Å². The summed E-state index contributed by atoms with van der Waals surface area (Å²) in [6.45, 7) is 0.855. The molecule has 3 heterocycles. The summed E-state index contributed by atoms with van der Waals surface area (Å²) < 4.78 is 9.12. The molecule has 0 spiro atoms. The summed E-state index contributed by atoms with van der Waals surface area (Å²) in [4.78, 5) is 25.9. The molecule has 0 aliphatic carbocycles. The Balaban J connectivity index is 1.56. The highest BCUT2D eigenvalue weighted by Gasteiger charge is 2.25. The molecule has 0 atom stereocenters. The Morgan fingerprint density at radius 2 is 1.94 bits per heavy atom. The van der Waals surface area contributed by atoms with Gasteiger partial charge in [0.2, 0.25) is 0 Å². The van der Waals surface area contributed by atoms with Gasteiger partial charge in [-0.3, -0.25) is 9.36 Å². The fraction of sp³-hybridized carbons (Fsp3) is 0.200. The fourth-order valence-electron chi connectivity index (χ4n) is 4.64. The van der Waals surface area contributed by atoms with Gasteiger partial charge in [-0.25, -0.2) is 4.79 Å². The zero-order valence-corrected chi connectivity index (χ0v) is 19.0. The second-order valence-electron chi connectivity index (χ2n) is 8.11. The maximum absolute atomic E-state index is 13.0. The number of aromatic nitrogens is 2. The highest BCUT2D eigenvalue weighted by Crippen LogP contribution is 2.33. The van der Waals surface area contributed by atoms with Crippen molar-refractivity contribution in [1.82, 2.24) is 14.0 Å². The van der Waals surface area contributed by atoms with Crippen LogP contribution in [0.1, 0.15) is 11.3 Å². The van der Waals surface area contributed by atoms with Crippen LogP contribution in [0.25, 0.3) is 27.7 Å². The van der Waals surface area contributed by atoms with Crippen molar-refractivity contribution in [3.63, 3.8) is 0 Å². The summed E-state index contributed by atoms with van der Waals surface area (Å²) in [5.41, 5.74) is 5.26. The van der Waals surface area contributed by atoms with Crippen molar-refractivity contribution >= 4 is 28.6 Å². The average molecular weight is 464 g/mol. The van der Waals surface area contributed by atoms with Gasteiger partial charge in [0.15, 0.2) is 0 Å². The van der Waals surface area contributed by atoms with E-state index in [2.05, 4.69) is 4.57 Å². The molecule has 0 saturated heterocycles. The minimum atomic E-state index is -0.904. The Kier molecular flexibility index (Phi) is 5.13. The zero-order chi connectivity index (χ0) is 23.3. The van der Waals surface area contributed by atoms with E-state index >= 15 is 0 Å². The van der Waals surface area contributed by atoms with Crippen molar-refractivity contribution < 1.29 is 14.6 Å². The summed E-state index contributed by atoms with van der Waals surface area (Å²) in [7, 11) is 3.56. The van der Waals surface area contributed by atoms with Crippen LogP contribution in [0.4, 0.5) is 4.79 Å². The molecule has 0 radical (unpaired) electrons. The van der Waals surface area contributed by atoms with E-state index in [4.69, 9.17) is 16.3 Å². The van der Waals surface area contributed by atoms with Crippen LogP contribution in [0, 0.1) is 0 Å². The molecule has 1 amide bonds. The second kappa shape index (κ2) is 8.01. The smallest absolute Gasteiger partial charge is 0.407 e. The number of hydrogen-bond donors (Lipinski definition) is 1. The molecule has 0 fully saturated rings. The van der Waals surface area contributed by atoms with Crippen molar-refractivity contribution in [2.75, 3.05) is 13.7 Å². The SMILES string of the molecule is COc1cc(Cl)ccc1-c1ccn(-c2ccc3c4c(n(C)c3c2)CCN(C(=O)O)C4)c(=O)c1. The normalized spacial score (nSPS) is 13.2. The molecule has 2 aromatic heterocycles. The predicted molar refractivity (Wildman–Crippen MR) is 128 cm³/mol. The summed E-state index contributed by atoms with van der Waals surface area (Å²) in [5, 5.41) is 11.0. The molecule has 0 saturated carbocycles. The van der Waals surface area contributed by atoms with Gasteiger partial charge in [0.05, 0.1) is 24.9 Å². The first-order valence-corrected chi connectivity index (χ1v) is 10.9. The zero-order valence-electron chi connectivity index (χ0n) is 18.2. The first kappa shape index (κ1) is 21.2. The Morgan fingerprint density at radius 1 is 1.12 bits per heavy atom. The van der Waals surface area contributed by atoms with Gasteiger partial charge in [0, 0.05) is 59.5 Å². The number of aryl methyl sites for hydroxylation is 1. The van der Waals surface area contributed by atoms with Crippen LogP contribution in [-0.4, -0.2) is 38.9 Å². The lowest BCUT2D eigenvalue weighted by Crippen LogP contribution is -2.34. The van der Waals surface area contributed by atoms with Crippen LogP contribution in [0.5, 0.6) is 5.75 Å². The Labute approximate surface area is 195 Å². The largest absolute Gasteiger partial charge is 0.496 e. The number of benzene rings is 2. The number of halogens is 1. The van der Waals surface area contributed by atoms with Gasteiger partial charge in [-0.05, 0) is 42.0 Å². The number of amides is 1. The molecule has 0 unspecified atom stereocenters. The van der Waals surface area contributed by atoms with E-state index in [1.54, 1.807) is 36.1 Å². The van der Waals surface area contributed by atoms with Crippen LogP contribution in [0.3, 0.4) is 0 Å². The number of nitrogens with zero attached hydrogens (tertiary/aromatic N) is 3. The van der Waals surface area contributed by atoms with E-state index in [0.29, 0.717) is 30.3 Å². The molecule has 1 aliphatic heterocycles. The quantitative estimate of drug-likeness (QED) is 0.478. The third-order valence-corrected chi connectivity index (χ3v) is 6.57. The predicted octanol–water partition coefficient (Wildman–Crippen LogP) is 4.69. The Morgan fingerprint density at radius 3 is 2.67 bits per heavy atom. The molecule has 1 aliphatic rings. The van der Waals surface area contributed by atoms with E-state index in [-0.39, 0.29) is 5.56 Å². The maximum Gasteiger partial charge on any atom is 0.407 e. The van der Waals surface area contributed by atoms with E-state index in [1.165, 1.54) is 4.90 Å². The molecule has 33 heavy (non-hydrogen) atoms. The molecular formula is C25H22ClN3O4. The molecule has 4 aromatic rings. The van der Waals surface area contributed by atoms with Gasteiger partial charge in [-0.2, -0.15) is 0 Å². The molecule has 7 nitrogen and oxygen atoms in total. The molecule has 5 rings (SSSR count). The van der Waals surface area contributed by atoms with E-state index in [0.717, 1.165) is 39.0 Å². The number of hydrogen-bond acceptors (Lipinski definition) is 3. The molecule has 0 bridgehead atoms. The third-order valence-electron chi connectivity index (χ3n) is 6.33. The van der Waals surface area contributed by atoms with Gasteiger partial charge in [0.25, 0.3) is 5.56 Å². The van der Waals surface area contributed by atoms with Crippen molar-refractivity contribution in [3.05, 3.63) is 81.4 Å². The van der Waals surface area contributed by atoms with Crippen LogP contribution in [0.2, 0.25) is 5.02 Å². The number of methoxy groups -OCH3 is 1. The molecule has 2 aromatic carbocycles. The first-order valence-electron chi connectivity index (χ1n) is 10.5. The molecule has 8 heteroatoms. The number of carboxylic acid groups (broad SMARTS) is 1. The second-order valence-corrected chi connectivity index (χ2v) is 8.54. The lowest BCUT2D eigenvalue weighted by atomic mass is 10.0. The number of fused-ring (bicyclic) bond motifs is 3. The Hall–Kier alpha value is -3.71. The first-order chi connectivity index (χ1) is 15.9. The minimum absolute atomic E-state index is 0.167. The molecular weight excluding hydrogens is 442 g/mol.